The van der Waals surface area contributed by atoms with Crippen LogP contribution in [0.25, 0.3) is 0 Å². The molecule has 2 aromatic heterocycles. The first-order chi connectivity index (χ1) is 10.6. The fourth-order valence-corrected chi connectivity index (χ4v) is 2.43. The highest BCUT2D eigenvalue weighted by Gasteiger charge is 2.42. The highest BCUT2D eigenvalue weighted by Crippen LogP contribution is 2.32. The fraction of sp³-hybridized carbons (Fsp3) is 0.286. The van der Waals surface area contributed by atoms with Crippen LogP contribution in [0.4, 0.5) is 0 Å². The number of nitrogens with two attached hydrogens (primary N) is 2. The zero-order valence-corrected chi connectivity index (χ0v) is 11.9. The number of furan rings is 2. The van der Waals surface area contributed by atoms with E-state index < -0.39 is 17.2 Å². The third-order valence-corrected chi connectivity index (χ3v) is 3.46. The molecule has 8 heteroatoms. The molecular formula is C14H18N4O4. The maximum atomic E-state index is 12.4. The van der Waals surface area contributed by atoms with E-state index in [1.807, 2.05) is 5.43 Å². The minimum atomic E-state index is -1.17. The van der Waals surface area contributed by atoms with E-state index in [2.05, 4.69) is 5.43 Å². The molecule has 0 fully saturated rings. The highest BCUT2D eigenvalue weighted by atomic mass is 16.3. The van der Waals surface area contributed by atoms with Gasteiger partial charge in [0.05, 0.1) is 17.9 Å². The number of rotatable bonds is 7. The van der Waals surface area contributed by atoms with Gasteiger partial charge in [0.15, 0.2) is 0 Å². The minimum absolute atomic E-state index is 0.159. The molecule has 2 rings (SSSR count). The largest absolute Gasteiger partial charge is 0.469 e. The van der Waals surface area contributed by atoms with E-state index in [1.54, 1.807) is 24.3 Å². The van der Waals surface area contributed by atoms with Crippen LogP contribution < -0.4 is 22.5 Å². The summed E-state index contributed by atoms with van der Waals surface area (Å²) in [6.45, 7) is 0. The third-order valence-electron chi connectivity index (χ3n) is 3.46. The molecule has 0 spiro atoms. The number of hydrazine groups is 2. The first-order valence-electron chi connectivity index (χ1n) is 6.65. The smallest absolute Gasteiger partial charge is 0.241 e. The van der Waals surface area contributed by atoms with Crippen LogP contribution >= 0.6 is 0 Å². The van der Waals surface area contributed by atoms with Crippen LogP contribution in [0.1, 0.15) is 17.9 Å². The second kappa shape index (κ2) is 6.92. The predicted octanol–water partition coefficient (Wildman–Crippen LogP) is 0.0141. The summed E-state index contributed by atoms with van der Waals surface area (Å²) in [7, 11) is 0. The Morgan fingerprint density at radius 1 is 1.00 bits per heavy atom. The summed E-state index contributed by atoms with van der Waals surface area (Å²) in [4.78, 5) is 24.2. The molecule has 6 N–H and O–H groups in total. The average molecular weight is 306 g/mol. The molecule has 0 aliphatic heterocycles. The molecular weight excluding hydrogens is 288 g/mol. The number of amides is 2. The first-order valence-corrected chi connectivity index (χ1v) is 6.65. The van der Waals surface area contributed by atoms with Gasteiger partial charge in [-0.2, -0.15) is 0 Å². The number of carbonyl (C=O) groups is 2. The lowest BCUT2D eigenvalue weighted by atomic mass is 9.75. The van der Waals surface area contributed by atoms with Gasteiger partial charge in [0.1, 0.15) is 11.5 Å². The topological polar surface area (TPSA) is 137 Å². The molecule has 0 atom stereocenters. The normalized spacial score (nSPS) is 11.2. The molecule has 0 radical (unpaired) electrons. The van der Waals surface area contributed by atoms with Gasteiger partial charge in [0.25, 0.3) is 0 Å². The van der Waals surface area contributed by atoms with E-state index in [9.17, 15) is 9.59 Å². The van der Waals surface area contributed by atoms with Gasteiger partial charge < -0.3 is 8.83 Å². The van der Waals surface area contributed by atoms with Crippen LogP contribution in [-0.4, -0.2) is 11.8 Å². The molecule has 0 aliphatic carbocycles. The molecule has 0 unspecified atom stereocenters. The number of carbonyl (C=O) groups excluding carboxylic acids is 2. The van der Waals surface area contributed by atoms with E-state index in [0.29, 0.717) is 11.5 Å². The van der Waals surface area contributed by atoms with Crippen molar-refractivity contribution in [2.24, 2.45) is 17.1 Å². The third kappa shape index (κ3) is 3.54. The van der Waals surface area contributed by atoms with Crippen LogP contribution in [0.2, 0.25) is 0 Å². The SMILES string of the molecule is NNC(=O)CC(Cc1ccco1)(Cc1ccco1)C(=O)NN. The Bertz CT molecular complexity index is 571. The second-order valence-electron chi connectivity index (χ2n) is 5.01. The van der Waals surface area contributed by atoms with Crippen LogP contribution in [0.5, 0.6) is 0 Å². The second-order valence-corrected chi connectivity index (χ2v) is 5.01. The molecule has 2 amide bonds. The van der Waals surface area contributed by atoms with Gasteiger partial charge in [-0.25, -0.2) is 11.7 Å². The summed E-state index contributed by atoms with van der Waals surface area (Å²) in [5.41, 5.74) is 2.98. The maximum absolute atomic E-state index is 12.4. The molecule has 2 heterocycles. The van der Waals surface area contributed by atoms with Crippen molar-refractivity contribution in [1.82, 2.24) is 10.9 Å². The van der Waals surface area contributed by atoms with Crippen LogP contribution in [0.15, 0.2) is 45.6 Å². The van der Waals surface area contributed by atoms with E-state index >= 15 is 0 Å². The van der Waals surface area contributed by atoms with Crippen molar-refractivity contribution in [3.05, 3.63) is 48.3 Å². The number of nitrogens with one attached hydrogen (secondary N) is 2. The van der Waals surface area contributed by atoms with Gasteiger partial charge in [0, 0.05) is 19.3 Å². The van der Waals surface area contributed by atoms with Crippen molar-refractivity contribution >= 4 is 11.8 Å². The molecule has 0 saturated heterocycles. The van der Waals surface area contributed by atoms with E-state index in [0.717, 1.165) is 0 Å². The average Bonchev–Trinajstić information content (AvgIpc) is 3.19. The Kier molecular flexibility index (Phi) is 4.97. The summed E-state index contributed by atoms with van der Waals surface area (Å²) in [6, 6.07) is 6.86. The van der Waals surface area contributed by atoms with Gasteiger partial charge in [-0.05, 0) is 24.3 Å². The van der Waals surface area contributed by atoms with Crippen LogP contribution in [0.3, 0.4) is 0 Å². The van der Waals surface area contributed by atoms with Crippen molar-refractivity contribution in [3.63, 3.8) is 0 Å². The quantitative estimate of drug-likeness (QED) is 0.323. The van der Waals surface area contributed by atoms with Crippen molar-refractivity contribution < 1.29 is 18.4 Å². The van der Waals surface area contributed by atoms with E-state index in [4.69, 9.17) is 20.5 Å². The first kappa shape index (κ1) is 15.8. The molecule has 2 aromatic rings. The Balaban J connectivity index is 2.36. The van der Waals surface area contributed by atoms with Crippen molar-refractivity contribution in [2.75, 3.05) is 0 Å². The molecule has 8 nitrogen and oxygen atoms in total. The van der Waals surface area contributed by atoms with Crippen LogP contribution in [-0.2, 0) is 22.4 Å². The van der Waals surface area contributed by atoms with Crippen LogP contribution in [0, 0.1) is 5.41 Å². The number of hydrogen-bond acceptors (Lipinski definition) is 6. The van der Waals surface area contributed by atoms with Crippen molar-refractivity contribution in [1.29, 1.82) is 0 Å². The standard InChI is InChI=1S/C14H18N4O4/c15-17-12(19)9-14(13(20)18-16,7-10-3-1-5-21-10)8-11-4-2-6-22-11/h1-6H,7-9,15-16H2,(H,17,19)(H,18,20). The minimum Gasteiger partial charge on any atom is -0.469 e. The summed E-state index contributed by atoms with van der Waals surface area (Å²) in [5.74, 6) is 10.6. The summed E-state index contributed by atoms with van der Waals surface area (Å²) < 4.78 is 10.6. The predicted molar refractivity (Wildman–Crippen MR) is 76.5 cm³/mol. The van der Waals surface area contributed by atoms with Gasteiger partial charge in [0.2, 0.25) is 11.8 Å². The molecule has 0 saturated carbocycles. The van der Waals surface area contributed by atoms with Gasteiger partial charge in [-0.3, -0.25) is 20.4 Å². The monoisotopic (exact) mass is 306 g/mol. The fourth-order valence-electron chi connectivity index (χ4n) is 2.43. The Hall–Kier alpha value is -2.58. The summed E-state index contributed by atoms with van der Waals surface area (Å²) >= 11 is 0. The highest BCUT2D eigenvalue weighted by molar-refractivity contribution is 5.89. The molecule has 118 valence electrons. The Labute approximate surface area is 126 Å². The van der Waals surface area contributed by atoms with E-state index in [-0.39, 0.29) is 19.3 Å². The van der Waals surface area contributed by atoms with Crippen molar-refractivity contribution in [2.45, 2.75) is 19.3 Å². The van der Waals surface area contributed by atoms with Gasteiger partial charge >= 0.3 is 0 Å². The lowest BCUT2D eigenvalue weighted by Gasteiger charge is -2.29. The lowest BCUT2D eigenvalue weighted by Crippen LogP contribution is -2.50. The van der Waals surface area contributed by atoms with E-state index in [1.165, 1.54) is 12.5 Å². The summed E-state index contributed by atoms with van der Waals surface area (Å²) in [6.07, 6.45) is 3.19. The zero-order chi connectivity index (χ0) is 16.0. The molecule has 0 aromatic carbocycles. The van der Waals surface area contributed by atoms with Gasteiger partial charge in [-0.15, -0.1) is 0 Å². The molecule has 22 heavy (non-hydrogen) atoms. The summed E-state index contributed by atoms with van der Waals surface area (Å²) in [5, 5.41) is 0. The molecule has 0 aliphatic rings. The zero-order valence-electron chi connectivity index (χ0n) is 11.9. The number of hydrogen-bond donors (Lipinski definition) is 4. The Morgan fingerprint density at radius 2 is 1.55 bits per heavy atom. The Morgan fingerprint density at radius 3 is 1.91 bits per heavy atom. The molecule has 0 bridgehead atoms. The van der Waals surface area contributed by atoms with Crippen molar-refractivity contribution in [3.8, 4) is 0 Å². The lowest BCUT2D eigenvalue weighted by molar-refractivity contribution is -0.137. The van der Waals surface area contributed by atoms with Gasteiger partial charge in [-0.1, -0.05) is 0 Å². The maximum Gasteiger partial charge on any atom is 0.241 e.